The van der Waals surface area contributed by atoms with Crippen molar-refractivity contribution in [3.05, 3.63) is 29.3 Å². The number of ether oxygens (including phenoxy) is 1. The van der Waals surface area contributed by atoms with Gasteiger partial charge in [0.1, 0.15) is 5.75 Å². The third-order valence-electron chi connectivity index (χ3n) is 2.71. The number of aromatic hydroxyl groups is 1. The predicted octanol–water partition coefficient (Wildman–Crippen LogP) is 2.42. The van der Waals surface area contributed by atoms with E-state index < -0.39 is 0 Å². The Hall–Kier alpha value is -1.02. The minimum absolute atomic E-state index is 0.177. The van der Waals surface area contributed by atoms with Crippen molar-refractivity contribution in [1.82, 2.24) is 0 Å². The molecule has 0 saturated carbocycles. The van der Waals surface area contributed by atoms with E-state index in [0.717, 1.165) is 30.4 Å². The zero-order valence-corrected chi connectivity index (χ0v) is 7.79. The topological polar surface area (TPSA) is 29.5 Å². The van der Waals surface area contributed by atoms with Crippen LogP contribution in [0.25, 0.3) is 0 Å². The predicted molar refractivity (Wildman–Crippen MR) is 50.8 cm³/mol. The van der Waals surface area contributed by atoms with E-state index >= 15 is 0 Å². The Kier molecular flexibility index (Phi) is 2.23. The number of fused-ring (bicyclic) bond motifs is 1. The SMILES string of the molecule is COC1CCCc2c(O)cccc21. The molecule has 70 valence electrons. The van der Waals surface area contributed by atoms with Gasteiger partial charge in [0.25, 0.3) is 0 Å². The van der Waals surface area contributed by atoms with Crippen LogP contribution in [0.15, 0.2) is 18.2 Å². The van der Waals surface area contributed by atoms with Crippen molar-refractivity contribution in [1.29, 1.82) is 0 Å². The quantitative estimate of drug-likeness (QED) is 0.715. The van der Waals surface area contributed by atoms with Crippen LogP contribution in [0, 0.1) is 0 Å². The molecular formula is C11H14O2. The summed E-state index contributed by atoms with van der Waals surface area (Å²) < 4.78 is 5.36. The highest BCUT2D eigenvalue weighted by atomic mass is 16.5. The third-order valence-corrected chi connectivity index (χ3v) is 2.71. The maximum Gasteiger partial charge on any atom is 0.119 e. The lowest BCUT2D eigenvalue weighted by Gasteiger charge is -2.24. The van der Waals surface area contributed by atoms with Crippen LogP contribution in [0.3, 0.4) is 0 Å². The molecule has 2 heteroatoms. The molecule has 1 aliphatic rings. The van der Waals surface area contributed by atoms with Crippen molar-refractivity contribution in [3.8, 4) is 5.75 Å². The lowest BCUT2D eigenvalue weighted by molar-refractivity contribution is 0.0876. The number of rotatable bonds is 1. The molecule has 0 aliphatic heterocycles. The molecule has 1 N–H and O–H groups in total. The summed E-state index contributed by atoms with van der Waals surface area (Å²) in [6.07, 6.45) is 3.31. The minimum Gasteiger partial charge on any atom is -0.508 e. The summed E-state index contributed by atoms with van der Waals surface area (Å²) in [7, 11) is 1.73. The van der Waals surface area contributed by atoms with E-state index in [1.165, 1.54) is 0 Å². The summed E-state index contributed by atoms with van der Waals surface area (Å²) in [6.45, 7) is 0. The number of phenolic OH excluding ortho intramolecular Hbond substituents is 1. The molecule has 0 saturated heterocycles. The molecule has 13 heavy (non-hydrogen) atoms. The molecule has 1 unspecified atom stereocenters. The molecule has 1 aliphatic carbocycles. The highest BCUT2D eigenvalue weighted by molar-refractivity contribution is 5.41. The highest BCUT2D eigenvalue weighted by Crippen LogP contribution is 2.36. The van der Waals surface area contributed by atoms with Crippen molar-refractivity contribution in [2.45, 2.75) is 25.4 Å². The van der Waals surface area contributed by atoms with Gasteiger partial charge in [-0.2, -0.15) is 0 Å². The Morgan fingerprint density at radius 3 is 3.08 bits per heavy atom. The molecule has 1 aromatic rings. The Morgan fingerprint density at radius 1 is 1.46 bits per heavy atom. The number of benzene rings is 1. The van der Waals surface area contributed by atoms with E-state index in [9.17, 15) is 5.11 Å². The van der Waals surface area contributed by atoms with Gasteiger partial charge in [0.2, 0.25) is 0 Å². The summed E-state index contributed by atoms with van der Waals surface area (Å²) >= 11 is 0. The Bertz CT molecular complexity index is 307. The van der Waals surface area contributed by atoms with Crippen molar-refractivity contribution in [3.63, 3.8) is 0 Å². The van der Waals surface area contributed by atoms with Gasteiger partial charge >= 0.3 is 0 Å². The molecule has 0 amide bonds. The monoisotopic (exact) mass is 178 g/mol. The molecule has 0 heterocycles. The molecule has 1 atom stereocenters. The number of methoxy groups -OCH3 is 1. The number of hydrogen-bond donors (Lipinski definition) is 1. The van der Waals surface area contributed by atoms with Crippen LogP contribution < -0.4 is 0 Å². The average Bonchev–Trinajstić information content (AvgIpc) is 2.18. The second-order valence-electron chi connectivity index (χ2n) is 3.46. The van der Waals surface area contributed by atoms with Crippen LogP contribution >= 0.6 is 0 Å². The van der Waals surface area contributed by atoms with Gasteiger partial charge < -0.3 is 9.84 Å². The van der Waals surface area contributed by atoms with Crippen LogP contribution in [0.5, 0.6) is 5.75 Å². The van der Waals surface area contributed by atoms with E-state index in [1.807, 2.05) is 12.1 Å². The zero-order valence-electron chi connectivity index (χ0n) is 7.79. The molecular weight excluding hydrogens is 164 g/mol. The van der Waals surface area contributed by atoms with Crippen molar-refractivity contribution in [2.75, 3.05) is 7.11 Å². The summed E-state index contributed by atoms with van der Waals surface area (Å²) in [5.74, 6) is 0.416. The first-order valence-electron chi connectivity index (χ1n) is 4.66. The first kappa shape index (κ1) is 8.57. The Morgan fingerprint density at radius 2 is 2.31 bits per heavy atom. The summed E-state index contributed by atoms with van der Waals surface area (Å²) in [5.41, 5.74) is 2.23. The number of hydrogen-bond acceptors (Lipinski definition) is 2. The van der Waals surface area contributed by atoms with Gasteiger partial charge in [0.05, 0.1) is 6.10 Å². The normalized spacial score (nSPS) is 21.2. The smallest absolute Gasteiger partial charge is 0.119 e. The second kappa shape index (κ2) is 3.38. The summed E-state index contributed by atoms with van der Waals surface area (Å²) in [4.78, 5) is 0. The molecule has 2 rings (SSSR count). The van der Waals surface area contributed by atoms with Gasteiger partial charge in [-0.25, -0.2) is 0 Å². The summed E-state index contributed by atoms with van der Waals surface area (Å²) in [5, 5.41) is 9.61. The lowest BCUT2D eigenvalue weighted by Crippen LogP contribution is -2.11. The molecule has 0 bridgehead atoms. The maximum absolute atomic E-state index is 9.61. The van der Waals surface area contributed by atoms with Crippen LogP contribution in [0.4, 0.5) is 0 Å². The van der Waals surface area contributed by atoms with Gasteiger partial charge in [-0.15, -0.1) is 0 Å². The number of phenols is 1. The zero-order chi connectivity index (χ0) is 9.26. The van der Waals surface area contributed by atoms with E-state index in [1.54, 1.807) is 13.2 Å². The minimum atomic E-state index is 0.177. The van der Waals surface area contributed by atoms with Gasteiger partial charge in [0.15, 0.2) is 0 Å². The Balaban J connectivity index is 2.45. The van der Waals surface area contributed by atoms with Crippen molar-refractivity contribution >= 4 is 0 Å². The molecule has 0 spiro atoms. The van der Waals surface area contributed by atoms with Gasteiger partial charge in [-0.05, 0) is 36.5 Å². The fourth-order valence-electron chi connectivity index (χ4n) is 2.03. The molecule has 0 radical (unpaired) electrons. The standard InChI is InChI=1S/C11H14O2/c1-13-11-7-3-4-8-9(11)5-2-6-10(8)12/h2,5-6,11-12H,3-4,7H2,1H3. The first-order chi connectivity index (χ1) is 6.33. The second-order valence-corrected chi connectivity index (χ2v) is 3.46. The van der Waals surface area contributed by atoms with Crippen LogP contribution in [0.1, 0.15) is 30.1 Å². The molecule has 0 fully saturated rings. The fraction of sp³-hybridized carbons (Fsp3) is 0.455. The fourth-order valence-corrected chi connectivity index (χ4v) is 2.03. The molecule has 0 aromatic heterocycles. The van der Waals surface area contributed by atoms with Gasteiger partial charge in [-0.3, -0.25) is 0 Å². The van der Waals surface area contributed by atoms with Crippen molar-refractivity contribution in [2.24, 2.45) is 0 Å². The largest absolute Gasteiger partial charge is 0.508 e. The first-order valence-corrected chi connectivity index (χ1v) is 4.66. The van der Waals surface area contributed by atoms with E-state index in [-0.39, 0.29) is 6.10 Å². The van der Waals surface area contributed by atoms with E-state index in [0.29, 0.717) is 5.75 Å². The van der Waals surface area contributed by atoms with Gasteiger partial charge in [-0.1, -0.05) is 12.1 Å². The van der Waals surface area contributed by atoms with E-state index in [2.05, 4.69) is 0 Å². The maximum atomic E-state index is 9.61. The van der Waals surface area contributed by atoms with Gasteiger partial charge in [0, 0.05) is 7.11 Å². The third kappa shape index (κ3) is 1.42. The molecule has 2 nitrogen and oxygen atoms in total. The van der Waals surface area contributed by atoms with Crippen molar-refractivity contribution < 1.29 is 9.84 Å². The average molecular weight is 178 g/mol. The Labute approximate surface area is 78.2 Å². The highest BCUT2D eigenvalue weighted by Gasteiger charge is 2.21. The van der Waals surface area contributed by atoms with Crippen LogP contribution in [-0.2, 0) is 11.2 Å². The van der Waals surface area contributed by atoms with Crippen LogP contribution in [-0.4, -0.2) is 12.2 Å². The summed E-state index contributed by atoms with van der Waals surface area (Å²) in [6, 6.07) is 5.67. The van der Waals surface area contributed by atoms with E-state index in [4.69, 9.17) is 4.74 Å². The lowest BCUT2D eigenvalue weighted by atomic mass is 9.89. The molecule has 1 aromatic carbocycles. The van der Waals surface area contributed by atoms with Crippen LogP contribution in [0.2, 0.25) is 0 Å².